The number of aromatic nitrogens is 2. The molecule has 2 aromatic rings. The molecular weight excluding hydrogens is 254 g/mol. The first-order chi connectivity index (χ1) is 9.71. The van der Waals surface area contributed by atoms with Gasteiger partial charge >= 0.3 is 5.97 Å². The van der Waals surface area contributed by atoms with Crippen molar-refractivity contribution in [2.45, 2.75) is 38.6 Å². The lowest BCUT2D eigenvalue weighted by molar-refractivity contribution is -0.142. The minimum absolute atomic E-state index is 0.209. The van der Waals surface area contributed by atoms with Crippen LogP contribution in [0.1, 0.15) is 42.5 Å². The zero-order chi connectivity index (χ0) is 14.1. The number of nitrogens with two attached hydrogens (primary N) is 1. The fourth-order valence-electron chi connectivity index (χ4n) is 2.48. The highest BCUT2D eigenvalue weighted by atomic mass is 16.5. The molecule has 0 spiro atoms. The number of hydrogen-bond acceptors (Lipinski definition) is 4. The summed E-state index contributed by atoms with van der Waals surface area (Å²) >= 11 is 0. The summed E-state index contributed by atoms with van der Waals surface area (Å²) in [5.41, 5.74) is 9.50. The highest BCUT2D eigenvalue weighted by molar-refractivity contribution is 5.75. The van der Waals surface area contributed by atoms with Crippen LogP contribution in [0.15, 0.2) is 18.5 Å². The molecule has 2 aromatic heterocycles. The van der Waals surface area contributed by atoms with Crippen LogP contribution in [0, 0.1) is 0 Å². The number of hydrogen-bond donors (Lipinski definition) is 1. The minimum atomic E-state index is -0.209. The Labute approximate surface area is 117 Å². The molecule has 0 aliphatic heterocycles. The highest BCUT2D eigenvalue weighted by Gasteiger charge is 2.25. The van der Waals surface area contributed by atoms with Crippen LogP contribution >= 0.6 is 0 Å². The van der Waals surface area contributed by atoms with Crippen molar-refractivity contribution in [2.24, 2.45) is 5.73 Å². The second kappa shape index (κ2) is 5.25. The third-order valence-electron chi connectivity index (χ3n) is 3.60. The van der Waals surface area contributed by atoms with E-state index in [4.69, 9.17) is 10.5 Å². The lowest BCUT2D eigenvalue weighted by Crippen LogP contribution is -2.09. The predicted molar refractivity (Wildman–Crippen MR) is 75.4 cm³/mol. The van der Waals surface area contributed by atoms with Gasteiger partial charge in [-0.3, -0.25) is 4.79 Å². The zero-order valence-electron chi connectivity index (χ0n) is 11.6. The van der Waals surface area contributed by atoms with Crippen LogP contribution < -0.4 is 5.73 Å². The van der Waals surface area contributed by atoms with E-state index < -0.39 is 0 Å². The Morgan fingerprint density at radius 3 is 2.95 bits per heavy atom. The van der Waals surface area contributed by atoms with E-state index in [2.05, 4.69) is 17.2 Å². The van der Waals surface area contributed by atoms with Gasteiger partial charge in [0.2, 0.25) is 0 Å². The Hall–Kier alpha value is -1.88. The van der Waals surface area contributed by atoms with Gasteiger partial charge in [-0.25, -0.2) is 4.98 Å². The zero-order valence-corrected chi connectivity index (χ0v) is 11.6. The summed E-state index contributed by atoms with van der Waals surface area (Å²) in [6.07, 6.45) is 6.76. The molecule has 106 valence electrons. The van der Waals surface area contributed by atoms with E-state index in [1.807, 2.05) is 17.5 Å². The molecule has 5 nitrogen and oxygen atoms in total. The van der Waals surface area contributed by atoms with Crippen molar-refractivity contribution in [2.75, 3.05) is 6.61 Å². The van der Waals surface area contributed by atoms with Crippen molar-refractivity contribution in [3.63, 3.8) is 0 Å². The first-order valence-electron chi connectivity index (χ1n) is 7.07. The van der Waals surface area contributed by atoms with Crippen LogP contribution in [-0.2, 0) is 22.5 Å². The molecule has 0 atom stereocenters. The number of rotatable bonds is 5. The molecule has 1 fully saturated rings. The molecule has 0 saturated heterocycles. The molecule has 3 rings (SSSR count). The van der Waals surface area contributed by atoms with Crippen molar-refractivity contribution in [3.05, 3.63) is 35.3 Å². The lowest BCUT2D eigenvalue weighted by atomic mass is 10.1. The molecule has 2 heterocycles. The molecule has 0 aromatic carbocycles. The second-order valence-electron chi connectivity index (χ2n) is 5.22. The maximum absolute atomic E-state index is 11.7. The average Bonchev–Trinajstić information content (AvgIpc) is 3.18. The Bertz CT molecular complexity index is 644. The van der Waals surface area contributed by atoms with Crippen LogP contribution in [0.3, 0.4) is 0 Å². The SMILES string of the molecule is CCOC(=O)Cc1cc(C2CC2)cn2cc(CN)nc12. The molecule has 0 bridgehead atoms. The van der Waals surface area contributed by atoms with Crippen molar-refractivity contribution in [1.82, 2.24) is 9.38 Å². The van der Waals surface area contributed by atoms with E-state index in [-0.39, 0.29) is 12.4 Å². The van der Waals surface area contributed by atoms with Gasteiger partial charge in [-0.1, -0.05) is 0 Å². The lowest BCUT2D eigenvalue weighted by Gasteiger charge is -2.07. The average molecular weight is 273 g/mol. The van der Waals surface area contributed by atoms with Crippen LogP contribution in [-0.4, -0.2) is 22.0 Å². The predicted octanol–water partition coefficient (Wildman–Crippen LogP) is 1.78. The van der Waals surface area contributed by atoms with Gasteiger partial charge in [-0.2, -0.15) is 0 Å². The van der Waals surface area contributed by atoms with Crippen LogP contribution in [0.25, 0.3) is 5.65 Å². The van der Waals surface area contributed by atoms with Gasteiger partial charge in [0.1, 0.15) is 5.65 Å². The molecule has 20 heavy (non-hydrogen) atoms. The number of esters is 1. The Kier molecular flexibility index (Phi) is 3.44. The molecule has 0 amide bonds. The molecule has 1 aliphatic carbocycles. The largest absolute Gasteiger partial charge is 0.466 e. The highest BCUT2D eigenvalue weighted by Crippen LogP contribution is 2.40. The van der Waals surface area contributed by atoms with E-state index >= 15 is 0 Å². The molecule has 2 N–H and O–H groups in total. The number of pyridine rings is 1. The van der Waals surface area contributed by atoms with Gasteiger partial charge in [0.05, 0.1) is 18.7 Å². The third kappa shape index (κ3) is 2.54. The summed E-state index contributed by atoms with van der Waals surface area (Å²) in [7, 11) is 0. The summed E-state index contributed by atoms with van der Waals surface area (Å²) in [5.74, 6) is 0.420. The van der Waals surface area contributed by atoms with Gasteiger partial charge in [0.15, 0.2) is 0 Å². The van der Waals surface area contributed by atoms with E-state index in [9.17, 15) is 4.79 Å². The molecule has 1 aliphatic rings. The fourth-order valence-corrected chi connectivity index (χ4v) is 2.48. The quantitative estimate of drug-likeness (QED) is 0.843. The monoisotopic (exact) mass is 273 g/mol. The number of fused-ring (bicyclic) bond motifs is 1. The summed E-state index contributed by atoms with van der Waals surface area (Å²) in [4.78, 5) is 16.2. The summed E-state index contributed by atoms with van der Waals surface area (Å²) in [5, 5.41) is 0. The van der Waals surface area contributed by atoms with Crippen LogP contribution in [0.2, 0.25) is 0 Å². The summed E-state index contributed by atoms with van der Waals surface area (Å²) in [6.45, 7) is 2.62. The van der Waals surface area contributed by atoms with E-state index in [0.717, 1.165) is 16.9 Å². The van der Waals surface area contributed by atoms with Crippen LogP contribution in [0.5, 0.6) is 0 Å². The summed E-state index contributed by atoms with van der Waals surface area (Å²) < 4.78 is 7.03. The Morgan fingerprint density at radius 1 is 1.50 bits per heavy atom. The topological polar surface area (TPSA) is 69.6 Å². The van der Waals surface area contributed by atoms with E-state index in [1.165, 1.54) is 18.4 Å². The minimum Gasteiger partial charge on any atom is -0.466 e. The number of ether oxygens (including phenoxy) is 1. The van der Waals surface area contributed by atoms with E-state index in [1.54, 1.807) is 0 Å². The number of imidazole rings is 1. The molecule has 0 radical (unpaired) electrons. The van der Waals surface area contributed by atoms with Gasteiger partial charge in [0.25, 0.3) is 0 Å². The molecule has 0 unspecified atom stereocenters. The Morgan fingerprint density at radius 2 is 2.30 bits per heavy atom. The smallest absolute Gasteiger partial charge is 0.310 e. The fraction of sp³-hybridized carbons (Fsp3) is 0.467. The summed E-state index contributed by atoms with van der Waals surface area (Å²) in [6, 6.07) is 2.09. The molecular formula is C15H19N3O2. The normalized spacial score (nSPS) is 14.7. The first-order valence-corrected chi connectivity index (χ1v) is 7.07. The Balaban J connectivity index is 2.01. The van der Waals surface area contributed by atoms with Crippen molar-refractivity contribution < 1.29 is 9.53 Å². The van der Waals surface area contributed by atoms with Gasteiger partial charge in [-0.05, 0) is 37.3 Å². The second-order valence-corrected chi connectivity index (χ2v) is 5.22. The van der Waals surface area contributed by atoms with Crippen molar-refractivity contribution in [1.29, 1.82) is 0 Å². The van der Waals surface area contributed by atoms with Gasteiger partial charge < -0.3 is 14.9 Å². The molecule has 5 heteroatoms. The number of nitrogens with zero attached hydrogens (tertiary/aromatic N) is 2. The van der Waals surface area contributed by atoms with E-state index in [0.29, 0.717) is 19.1 Å². The maximum atomic E-state index is 11.7. The first kappa shape index (κ1) is 13.1. The van der Waals surface area contributed by atoms with Gasteiger partial charge in [0, 0.05) is 24.5 Å². The van der Waals surface area contributed by atoms with Crippen molar-refractivity contribution in [3.8, 4) is 0 Å². The van der Waals surface area contributed by atoms with Gasteiger partial charge in [-0.15, -0.1) is 0 Å². The number of carbonyl (C=O) groups excluding carboxylic acids is 1. The maximum Gasteiger partial charge on any atom is 0.310 e. The standard InChI is InChI=1S/C15H19N3O2/c1-2-20-14(19)6-11-5-12(10-3-4-10)8-18-9-13(7-16)17-15(11)18/h5,8-10H,2-4,6-7,16H2,1H3. The van der Waals surface area contributed by atoms with Crippen LogP contribution in [0.4, 0.5) is 0 Å². The molecule has 1 saturated carbocycles. The number of carbonyl (C=O) groups is 1. The third-order valence-corrected chi connectivity index (χ3v) is 3.60. The van der Waals surface area contributed by atoms with Crippen molar-refractivity contribution >= 4 is 11.6 Å².